The quantitative estimate of drug-likeness (QED) is 0.180. The van der Waals surface area contributed by atoms with Crippen molar-refractivity contribution in [2.75, 3.05) is 0 Å². The summed E-state index contributed by atoms with van der Waals surface area (Å²) in [5.41, 5.74) is 16.8. The second kappa shape index (κ2) is 11.7. The summed E-state index contributed by atoms with van der Waals surface area (Å²) in [6.07, 6.45) is 0. The molecule has 0 atom stereocenters. The van der Waals surface area contributed by atoms with Crippen LogP contribution in [0, 0.1) is 0 Å². The van der Waals surface area contributed by atoms with Crippen LogP contribution in [-0.4, -0.2) is 32.5 Å². The smallest absolute Gasteiger partial charge is 0.220 e. The first kappa shape index (κ1) is 34.0. The van der Waals surface area contributed by atoms with Gasteiger partial charge in [-0.1, -0.05) is 108 Å². The van der Waals surface area contributed by atoms with Crippen molar-refractivity contribution in [2.24, 2.45) is 0 Å². The van der Waals surface area contributed by atoms with Gasteiger partial charge in [0, 0.05) is 16.5 Å². The average molecular weight is 766 g/mol. The van der Waals surface area contributed by atoms with E-state index in [1.165, 1.54) is 21.9 Å². The summed E-state index contributed by atoms with van der Waals surface area (Å²) in [6, 6.07) is 55.2. The van der Waals surface area contributed by atoms with E-state index in [0.29, 0.717) is 0 Å². The standard InChI is InChI=1S/C52H43N7/c1-51(2,3)32-22-26-44-47(28-32)58-42-20-11-8-17-39(42)53-49(58)56(44)35-15-13-14-34(30-35)55-41-19-10-7-16-37(41)38-25-24-36(31-46(38)55)57-45-27-23-33(52(4,5)6)29-48(45)59-43-21-12-9-18-40(43)54-50(57)59/h7-31H,1-6H3. The number of aromatic nitrogens is 7. The van der Waals surface area contributed by atoms with Crippen LogP contribution in [0.4, 0.5) is 0 Å². The molecule has 0 unspecified atom stereocenters. The Balaban J connectivity index is 1.11. The molecule has 12 rings (SSSR count). The zero-order chi connectivity index (χ0) is 39.9. The molecule has 0 aliphatic heterocycles. The molecule has 0 N–H and O–H groups in total. The summed E-state index contributed by atoms with van der Waals surface area (Å²) in [5, 5.41) is 2.42. The molecule has 59 heavy (non-hydrogen) atoms. The molecule has 0 saturated carbocycles. The zero-order valence-corrected chi connectivity index (χ0v) is 34.1. The van der Waals surface area contributed by atoms with E-state index in [1.807, 2.05) is 0 Å². The summed E-state index contributed by atoms with van der Waals surface area (Å²) in [4.78, 5) is 10.5. The Bertz CT molecular complexity index is 3700. The van der Waals surface area contributed by atoms with Crippen molar-refractivity contribution in [3.05, 3.63) is 163 Å². The first-order chi connectivity index (χ1) is 28.5. The van der Waals surface area contributed by atoms with E-state index >= 15 is 0 Å². The van der Waals surface area contributed by atoms with Gasteiger partial charge in [-0.3, -0.25) is 17.9 Å². The Kier molecular flexibility index (Phi) is 6.75. The van der Waals surface area contributed by atoms with E-state index in [1.54, 1.807) is 0 Å². The highest BCUT2D eigenvalue weighted by atomic mass is 15.2. The van der Waals surface area contributed by atoms with Gasteiger partial charge in [0.1, 0.15) is 0 Å². The molecule has 7 nitrogen and oxygen atoms in total. The van der Waals surface area contributed by atoms with Crippen LogP contribution in [0.2, 0.25) is 0 Å². The molecule has 0 amide bonds. The van der Waals surface area contributed by atoms with Crippen LogP contribution in [0.15, 0.2) is 152 Å². The number of hydrogen-bond acceptors (Lipinski definition) is 2. The van der Waals surface area contributed by atoms with Gasteiger partial charge >= 0.3 is 0 Å². The van der Waals surface area contributed by atoms with E-state index in [9.17, 15) is 0 Å². The van der Waals surface area contributed by atoms with Gasteiger partial charge < -0.3 is 4.57 Å². The lowest BCUT2D eigenvalue weighted by Crippen LogP contribution is -2.10. The highest BCUT2D eigenvalue weighted by Crippen LogP contribution is 2.38. The Labute approximate surface area is 341 Å². The second-order valence-corrected chi connectivity index (χ2v) is 18.1. The Morgan fingerprint density at radius 1 is 0.339 bits per heavy atom. The van der Waals surface area contributed by atoms with E-state index < -0.39 is 0 Å². The lowest BCUT2D eigenvalue weighted by molar-refractivity contribution is 0.590. The first-order valence-corrected chi connectivity index (χ1v) is 20.5. The Hall–Kier alpha value is -7.12. The number of imidazole rings is 4. The van der Waals surface area contributed by atoms with Gasteiger partial charge in [0.05, 0.1) is 66.5 Å². The van der Waals surface area contributed by atoms with Gasteiger partial charge in [-0.05, 0) is 107 Å². The molecule has 286 valence electrons. The number of rotatable bonds is 3. The zero-order valence-electron chi connectivity index (χ0n) is 34.1. The molecule has 0 saturated heterocycles. The number of nitrogens with zero attached hydrogens (tertiary/aromatic N) is 7. The third kappa shape index (κ3) is 4.82. The van der Waals surface area contributed by atoms with Crippen molar-refractivity contribution in [2.45, 2.75) is 52.4 Å². The van der Waals surface area contributed by atoms with E-state index in [-0.39, 0.29) is 10.8 Å². The Morgan fingerprint density at radius 2 is 0.814 bits per heavy atom. The Morgan fingerprint density at radius 3 is 1.37 bits per heavy atom. The maximum Gasteiger partial charge on any atom is 0.220 e. The molecule has 0 radical (unpaired) electrons. The van der Waals surface area contributed by atoms with Gasteiger partial charge in [0.15, 0.2) is 0 Å². The molecule has 0 aliphatic carbocycles. The molecule has 12 aromatic rings. The molecule has 5 aromatic heterocycles. The normalized spacial score (nSPS) is 12.9. The van der Waals surface area contributed by atoms with Crippen LogP contribution in [0.5, 0.6) is 0 Å². The largest absolute Gasteiger partial charge is 0.309 e. The summed E-state index contributed by atoms with van der Waals surface area (Å²) >= 11 is 0. The molecule has 0 spiro atoms. The highest BCUT2D eigenvalue weighted by Gasteiger charge is 2.24. The predicted octanol–water partition coefficient (Wildman–Crippen LogP) is 12.9. The molecule has 0 fully saturated rings. The summed E-state index contributed by atoms with van der Waals surface area (Å²) in [5.74, 6) is 1.81. The van der Waals surface area contributed by atoms with E-state index in [4.69, 9.17) is 9.97 Å². The topological polar surface area (TPSA) is 49.4 Å². The van der Waals surface area contributed by atoms with Gasteiger partial charge in [-0.2, -0.15) is 0 Å². The van der Waals surface area contributed by atoms with E-state index in [2.05, 4.69) is 216 Å². The van der Waals surface area contributed by atoms with Crippen molar-refractivity contribution in [3.63, 3.8) is 0 Å². The van der Waals surface area contributed by atoms with Gasteiger partial charge in [0.25, 0.3) is 0 Å². The van der Waals surface area contributed by atoms with Gasteiger partial charge in [-0.15, -0.1) is 0 Å². The molecule has 7 heteroatoms. The number of benzene rings is 7. The van der Waals surface area contributed by atoms with Gasteiger partial charge in [0.2, 0.25) is 11.6 Å². The summed E-state index contributed by atoms with van der Waals surface area (Å²) in [7, 11) is 0. The second-order valence-electron chi connectivity index (χ2n) is 18.1. The number of hydrogen-bond donors (Lipinski definition) is 0. The molecule has 0 aliphatic rings. The van der Waals surface area contributed by atoms with Gasteiger partial charge in [-0.25, -0.2) is 9.97 Å². The number of para-hydroxylation sites is 5. The van der Waals surface area contributed by atoms with Crippen molar-refractivity contribution in [1.82, 2.24) is 32.5 Å². The highest BCUT2D eigenvalue weighted by molar-refractivity contribution is 6.10. The molecule has 5 heterocycles. The van der Waals surface area contributed by atoms with Crippen LogP contribution in [0.25, 0.3) is 94.6 Å². The van der Waals surface area contributed by atoms with Crippen LogP contribution < -0.4 is 0 Å². The lowest BCUT2D eigenvalue weighted by atomic mass is 9.87. The third-order valence-electron chi connectivity index (χ3n) is 12.4. The minimum atomic E-state index is 0.00648. The minimum Gasteiger partial charge on any atom is -0.309 e. The van der Waals surface area contributed by atoms with Crippen molar-refractivity contribution in [3.8, 4) is 17.1 Å². The monoisotopic (exact) mass is 765 g/mol. The SMILES string of the molecule is CC(C)(C)c1ccc2c(c1)n1c3ccccc3nc1n2-c1cccc(-n2c3ccccc3c3ccc(-n4c5ccc(C(C)(C)C)cc5n5c6ccccc6nc45)cc32)c1. The van der Waals surface area contributed by atoms with Crippen LogP contribution >= 0.6 is 0 Å². The first-order valence-electron chi connectivity index (χ1n) is 20.5. The average Bonchev–Trinajstić information content (AvgIpc) is 4.02. The van der Waals surface area contributed by atoms with Crippen molar-refractivity contribution >= 4 is 77.5 Å². The lowest BCUT2D eigenvalue weighted by Gasteiger charge is -2.19. The minimum absolute atomic E-state index is 0.00648. The third-order valence-corrected chi connectivity index (χ3v) is 12.4. The molecule has 0 bridgehead atoms. The predicted molar refractivity (Wildman–Crippen MR) is 244 cm³/mol. The fraction of sp³-hybridized carbons (Fsp3) is 0.154. The van der Waals surface area contributed by atoms with Crippen LogP contribution in [0.1, 0.15) is 52.7 Å². The van der Waals surface area contributed by atoms with Crippen LogP contribution in [-0.2, 0) is 10.8 Å². The van der Waals surface area contributed by atoms with E-state index in [0.717, 1.165) is 83.8 Å². The molecular weight excluding hydrogens is 723 g/mol. The molecular formula is C52H43N7. The fourth-order valence-electron chi connectivity index (χ4n) is 9.39. The molecule has 7 aromatic carbocycles. The number of fused-ring (bicyclic) bond motifs is 13. The summed E-state index contributed by atoms with van der Waals surface area (Å²) < 4.78 is 11.7. The van der Waals surface area contributed by atoms with Crippen molar-refractivity contribution in [1.29, 1.82) is 0 Å². The summed E-state index contributed by atoms with van der Waals surface area (Å²) in [6.45, 7) is 13.6. The van der Waals surface area contributed by atoms with Crippen LogP contribution in [0.3, 0.4) is 0 Å². The fourth-order valence-corrected chi connectivity index (χ4v) is 9.39. The maximum absolute atomic E-state index is 5.26. The maximum atomic E-state index is 5.26. The van der Waals surface area contributed by atoms with Crippen molar-refractivity contribution < 1.29 is 0 Å².